The second kappa shape index (κ2) is 5.72. The number of rotatable bonds is 4. The largest absolute Gasteiger partial charge is 0.448 e. The number of carbonyl (C=O) groups is 1. The van der Waals surface area contributed by atoms with Gasteiger partial charge in [0.1, 0.15) is 6.61 Å². The van der Waals surface area contributed by atoms with Gasteiger partial charge in [-0.15, -0.1) is 11.6 Å². The van der Waals surface area contributed by atoms with Crippen LogP contribution in [0.3, 0.4) is 0 Å². The summed E-state index contributed by atoms with van der Waals surface area (Å²) >= 11 is 5.28. The Hall–Kier alpha value is -1.27. The topological polar surface area (TPSA) is 72.5 Å². The molecule has 0 fully saturated rings. The van der Waals surface area contributed by atoms with Crippen LogP contribution in [0.15, 0.2) is 35.2 Å². The van der Waals surface area contributed by atoms with E-state index in [0.29, 0.717) is 0 Å². The Morgan fingerprint density at radius 1 is 1.31 bits per heavy atom. The van der Waals surface area contributed by atoms with Crippen molar-refractivity contribution in [3.8, 4) is 0 Å². The lowest BCUT2D eigenvalue weighted by Crippen LogP contribution is -2.31. The minimum absolute atomic E-state index is 0.00202. The first-order valence-corrected chi connectivity index (χ1v) is 6.38. The fraction of sp³-hybridized carbons (Fsp3) is 0.222. The number of carbonyl (C=O) groups excluding carboxylic acids is 1. The summed E-state index contributed by atoms with van der Waals surface area (Å²) in [6.45, 7) is -0.0439. The number of nitrogens with one attached hydrogen (secondary N) is 1. The molecule has 0 aliphatic rings. The molecule has 0 unspecified atom stereocenters. The average molecular weight is 264 g/mol. The van der Waals surface area contributed by atoms with Crippen molar-refractivity contribution in [3.05, 3.63) is 30.3 Å². The van der Waals surface area contributed by atoms with Crippen LogP contribution in [-0.2, 0) is 14.8 Å². The molecule has 0 heterocycles. The Bertz CT molecular complexity index is 446. The van der Waals surface area contributed by atoms with E-state index < -0.39 is 16.1 Å². The zero-order chi connectivity index (χ0) is 12.0. The third-order valence-electron chi connectivity index (χ3n) is 1.58. The average Bonchev–Trinajstić information content (AvgIpc) is 2.27. The first-order valence-electron chi connectivity index (χ1n) is 4.37. The molecule has 0 aliphatic carbocycles. The predicted molar refractivity (Wildman–Crippen MR) is 58.8 cm³/mol. The van der Waals surface area contributed by atoms with Crippen LogP contribution in [0.2, 0.25) is 0 Å². The highest BCUT2D eigenvalue weighted by Crippen LogP contribution is 2.06. The lowest BCUT2D eigenvalue weighted by molar-refractivity contribution is 0.159. The van der Waals surface area contributed by atoms with Crippen LogP contribution in [-0.4, -0.2) is 27.0 Å². The van der Waals surface area contributed by atoms with Crippen LogP contribution in [0.1, 0.15) is 0 Å². The van der Waals surface area contributed by atoms with E-state index in [1.165, 1.54) is 12.1 Å². The molecule has 0 saturated heterocycles. The molecule has 0 atom stereocenters. The lowest BCUT2D eigenvalue weighted by Gasteiger charge is -2.06. The van der Waals surface area contributed by atoms with Gasteiger partial charge in [0.15, 0.2) is 0 Å². The molecule has 1 amide bonds. The molecule has 0 aromatic heterocycles. The molecule has 0 saturated carbocycles. The summed E-state index contributed by atoms with van der Waals surface area (Å²) in [6.07, 6.45) is -1.04. The SMILES string of the molecule is O=C(NS(=O)(=O)c1ccccc1)OCCCl. The molecule has 1 aromatic rings. The molecule has 1 rings (SSSR count). The Labute approximate surface area is 98.4 Å². The van der Waals surface area contributed by atoms with Crippen LogP contribution in [0.25, 0.3) is 0 Å². The monoisotopic (exact) mass is 263 g/mol. The zero-order valence-electron chi connectivity index (χ0n) is 8.22. The van der Waals surface area contributed by atoms with Gasteiger partial charge >= 0.3 is 6.09 Å². The quantitative estimate of drug-likeness (QED) is 0.832. The van der Waals surface area contributed by atoms with Gasteiger partial charge in [0.2, 0.25) is 0 Å². The first kappa shape index (κ1) is 12.8. The Kier molecular flexibility index (Phi) is 4.57. The zero-order valence-corrected chi connectivity index (χ0v) is 9.79. The van der Waals surface area contributed by atoms with Crippen molar-refractivity contribution in [3.63, 3.8) is 0 Å². The fourth-order valence-corrected chi connectivity index (χ4v) is 1.92. The van der Waals surface area contributed by atoms with Crippen molar-refractivity contribution in [2.24, 2.45) is 0 Å². The molecule has 0 aliphatic heterocycles. The second-order valence-corrected chi connectivity index (χ2v) is 4.80. The van der Waals surface area contributed by atoms with Gasteiger partial charge in [-0.2, -0.15) is 0 Å². The van der Waals surface area contributed by atoms with Crippen LogP contribution in [0.4, 0.5) is 4.79 Å². The summed E-state index contributed by atoms with van der Waals surface area (Å²) in [6, 6.07) is 7.52. The predicted octanol–water partition coefficient (Wildman–Crippen LogP) is 1.34. The minimum atomic E-state index is -3.86. The minimum Gasteiger partial charge on any atom is -0.448 e. The summed E-state index contributed by atoms with van der Waals surface area (Å²) < 4.78 is 29.4. The van der Waals surface area contributed by atoms with Gasteiger partial charge in [-0.05, 0) is 12.1 Å². The molecule has 7 heteroatoms. The van der Waals surface area contributed by atoms with Crippen molar-refractivity contribution in [2.75, 3.05) is 12.5 Å². The Balaban J connectivity index is 2.70. The van der Waals surface area contributed by atoms with E-state index in [1.807, 2.05) is 0 Å². The van der Waals surface area contributed by atoms with Crippen molar-refractivity contribution in [2.45, 2.75) is 4.90 Å². The number of halogens is 1. The van der Waals surface area contributed by atoms with Gasteiger partial charge in [0.05, 0.1) is 10.8 Å². The van der Waals surface area contributed by atoms with Gasteiger partial charge < -0.3 is 4.74 Å². The highest BCUT2D eigenvalue weighted by atomic mass is 35.5. The van der Waals surface area contributed by atoms with E-state index in [2.05, 4.69) is 4.74 Å². The lowest BCUT2D eigenvalue weighted by atomic mass is 10.4. The van der Waals surface area contributed by atoms with Gasteiger partial charge in [0, 0.05) is 0 Å². The molecule has 0 spiro atoms. The highest BCUT2D eigenvalue weighted by Gasteiger charge is 2.17. The number of ether oxygens (including phenoxy) is 1. The number of hydrogen-bond donors (Lipinski definition) is 1. The van der Waals surface area contributed by atoms with E-state index >= 15 is 0 Å². The molecule has 16 heavy (non-hydrogen) atoms. The summed E-state index contributed by atoms with van der Waals surface area (Å²) in [5, 5.41) is 0. The van der Waals surface area contributed by atoms with Gasteiger partial charge in [0.25, 0.3) is 10.0 Å². The molecule has 88 valence electrons. The van der Waals surface area contributed by atoms with Crippen LogP contribution >= 0.6 is 11.6 Å². The van der Waals surface area contributed by atoms with Crippen molar-refractivity contribution in [1.29, 1.82) is 0 Å². The number of alkyl halides is 1. The van der Waals surface area contributed by atoms with E-state index in [1.54, 1.807) is 22.9 Å². The third-order valence-corrected chi connectivity index (χ3v) is 3.06. The second-order valence-electron chi connectivity index (χ2n) is 2.74. The summed E-state index contributed by atoms with van der Waals surface area (Å²) in [4.78, 5) is 11.0. The molecular weight excluding hydrogens is 254 g/mol. The van der Waals surface area contributed by atoms with Gasteiger partial charge in [-0.25, -0.2) is 17.9 Å². The van der Waals surface area contributed by atoms with E-state index in [-0.39, 0.29) is 17.4 Å². The molecule has 1 aromatic carbocycles. The third kappa shape index (κ3) is 3.71. The summed E-state index contributed by atoms with van der Waals surface area (Å²) in [7, 11) is -3.86. The fourth-order valence-electron chi connectivity index (χ4n) is 0.929. The van der Waals surface area contributed by atoms with E-state index in [4.69, 9.17) is 11.6 Å². The van der Waals surface area contributed by atoms with Gasteiger partial charge in [-0.1, -0.05) is 18.2 Å². The Morgan fingerprint density at radius 3 is 2.50 bits per heavy atom. The molecule has 1 N–H and O–H groups in total. The van der Waals surface area contributed by atoms with Crippen LogP contribution in [0, 0.1) is 0 Å². The van der Waals surface area contributed by atoms with Crippen molar-refractivity contribution >= 4 is 27.7 Å². The standard InChI is InChI=1S/C9H10ClNO4S/c10-6-7-15-9(12)11-16(13,14)8-4-2-1-3-5-8/h1-5H,6-7H2,(H,11,12). The van der Waals surface area contributed by atoms with Crippen LogP contribution in [0.5, 0.6) is 0 Å². The summed E-state index contributed by atoms with van der Waals surface area (Å²) in [5.74, 6) is 0.110. The summed E-state index contributed by atoms with van der Waals surface area (Å²) in [5.41, 5.74) is 0. The maximum atomic E-state index is 11.6. The smallest absolute Gasteiger partial charge is 0.421 e. The van der Waals surface area contributed by atoms with Gasteiger partial charge in [-0.3, -0.25) is 0 Å². The van der Waals surface area contributed by atoms with E-state index in [9.17, 15) is 13.2 Å². The molecule has 5 nitrogen and oxygen atoms in total. The molecule has 0 bridgehead atoms. The van der Waals surface area contributed by atoms with E-state index in [0.717, 1.165) is 0 Å². The van der Waals surface area contributed by atoms with Crippen LogP contribution < -0.4 is 4.72 Å². The van der Waals surface area contributed by atoms with Crippen molar-refractivity contribution < 1.29 is 17.9 Å². The number of benzene rings is 1. The Morgan fingerprint density at radius 2 is 1.94 bits per heavy atom. The highest BCUT2D eigenvalue weighted by molar-refractivity contribution is 7.90. The number of sulfonamides is 1. The molecular formula is C9H10ClNO4S. The molecule has 0 radical (unpaired) electrons. The first-order chi connectivity index (χ1) is 7.56. The van der Waals surface area contributed by atoms with Crippen molar-refractivity contribution in [1.82, 2.24) is 4.72 Å². The number of amides is 1. The maximum absolute atomic E-state index is 11.6. The normalized spacial score (nSPS) is 10.8. The number of hydrogen-bond acceptors (Lipinski definition) is 4. The maximum Gasteiger partial charge on any atom is 0.421 e.